The third kappa shape index (κ3) is 4.56. The SMILES string of the molecule is O=C(O)CN(CC(F)(F)F)C(=O)N1CC(O)C(O)C1. The zero-order chi connectivity index (χ0) is 14.8. The number of aliphatic hydroxyl groups is 2. The highest BCUT2D eigenvalue weighted by Gasteiger charge is 2.39. The van der Waals surface area contributed by atoms with E-state index in [2.05, 4.69) is 0 Å². The van der Waals surface area contributed by atoms with Crippen LogP contribution in [0.4, 0.5) is 18.0 Å². The van der Waals surface area contributed by atoms with Crippen LogP contribution >= 0.6 is 0 Å². The number of carbonyl (C=O) groups excluding carboxylic acids is 1. The van der Waals surface area contributed by atoms with Gasteiger partial charge in [0.05, 0.1) is 25.3 Å². The fourth-order valence-corrected chi connectivity index (χ4v) is 1.70. The molecule has 1 aliphatic rings. The lowest BCUT2D eigenvalue weighted by molar-refractivity contribution is -0.149. The predicted molar refractivity (Wildman–Crippen MR) is 54.2 cm³/mol. The number of β-amino-alcohol motifs (C(OH)–C–C–N with tert-alkyl or cyclic N) is 2. The first-order valence-corrected chi connectivity index (χ1v) is 5.28. The van der Waals surface area contributed by atoms with Crippen LogP contribution in [0.25, 0.3) is 0 Å². The number of rotatable bonds is 3. The molecule has 3 N–H and O–H groups in total. The lowest BCUT2D eigenvalue weighted by Crippen LogP contribution is -2.48. The van der Waals surface area contributed by atoms with Crippen LogP contribution in [0.3, 0.4) is 0 Å². The number of hydrogen-bond donors (Lipinski definition) is 3. The van der Waals surface area contributed by atoms with Gasteiger partial charge in [0.15, 0.2) is 0 Å². The molecule has 2 amide bonds. The highest BCUT2D eigenvalue weighted by atomic mass is 19.4. The second-order valence-corrected chi connectivity index (χ2v) is 4.19. The first-order chi connectivity index (χ1) is 8.60. The first kappa shape index (κ1) is 15.5. The lowest BCUT2D eigenvalue weighted by Gasteiger charge is -2.27. The molecule has 10 heteroatoms. The van der Waals surface area contributed by atoms with Crippen molar-refractivity contribution in [2.24, 2.45) is 0 Å². The van der Waals surface area contributed by atoms with Crippen LogP contribution in [-0.2, 0) is 4.79 Å². The molecule has 110 valence electrons. The minimum absolute atomic E-state index is 0.104. The minimum Gasteiger partial charge on any atom is -0.480 e. The number of alkyl halides is 3. The van der Waals surface area contributed by atoms with Crippen molar-refractivity contribution in [3.05, 3.63) is 0 Å². The van der Waals surface area contributed by atoms with Crippen LogP contribution in [0, 0.1) is 0 Å². The summed E-state index contributed by atoms with van der Waals surface area (Å²) in [7, 11) is 0. The summed E-state index contributed by atoms with van der Waals surface area (Å²) < 4.78 is 36.8. The molecule has 0 aromatic carbocycles. The van der Waals surface area contributed by atoms with Crippen LogP contribution in [0.5, 0.6) is 0 Å². The van der Waals surface area contributed by atoms with Gasteiger partial charge in [-0.1, -0.05) is 0 Å². The van der Waals surface area contributed by atoms with Crippen molar-refractivity contribution in [2.75, 3.05) is 26.2 Å². The van der Waals surface area contributed by atoms with Gasteiger partial charge in [-0.15, -0.1) is 0 Å². The number of aliphatic carboxylic acids is 1. The van der Waals surface area contributed by atoms with Crippen LogP contribution < -0.4 is 0 Å². The van der Waals surface area contributed by atoms with Gasteiger partial charge in [0.25, 0.3) is 0 Å². The molecule has 0 radical (unpaired) electrons. The average Bonchev–Trinajstić information content (AvgIpc) is 2.54. The van der Waals surface area contributed by atoms with Crippen molar-refractivity contribution in [3.8, 4) is 0 Å². The van der Waals surface area contributed by atoms with Gasteiger partial charge < -0.3 is 25.1 Å². The monoisotopic (exact) mass is 286 g/mol. The Balaban J connectivity index is 2.74. The number of likely N-dealkylation sites (tertiary alicyclic amines) is 1. The van der Waals surface area contributed by atoms with Crippen molar-refractivity contribution in [1.29, 1.82) is 0 Å². The van der Waals surface area contributed by atoms with Crippen LogP contribution in [0.15, 0.2) is 0 Å². The number of nitrogens with zero attached hydrogens (tertiary/aromatic N) is 2. The summed E-state index contributed by atoms with van der Waals surface area (Å²) in [4.78, 5) is 23.1. The van der Waals surface area contributed by atoms with E-state index in [4.69, 9.17) is 5.11 Å². The molecule has 0 aliphatic carbocycles. The van der Waals surface area contributed by atoms with Crippen molar-refractivity contribution in [3.63, 3.8) is 0 Å². The van der Waals surface area contributed by atoms with Crippen molar-refractivity contribution in [2.45, 2.75) is 18.4 Å². The molecule has 7 nitrogen and oxygen atoms in total. The Morgan fingerprint density at radius 1 is 1.21 bits per heavy atom. The van der Waals surface area contributed by atoms with Gasteiger partial charge in [-0.05, 0) is 0 Å². The Kier molecular flexibility index (Phi) is 4.58. The number of amides is 2. The van der Waals surface area contributed by atoms with Crippen LogP contribution in [0.2, 0.25) is 0 Å². The number of hydrogen-bond acceptors (Lipinski definition) is 4. The Bertz CT molecular complexity index is 352. The fraction of sp³-hybridized carbons (Fsp3) is 0.778. The molecule has 1 heterocycles. The van der Waals surface area contributed by atoms with E-state index < -0.39 is 43.5 Å². The van der Waals surface area contributed by atoms with Gasteiger partial charge in [-0.2, -0.15) is 13.2 Å². The molecular weight excluding hydrogens is 273 g/mol. The van der Waals surface area contributed by atoms with Gasteiger partial charge in [0, 0.05) is 0 Å². The predicted octanol–water partition coefficient (Wildman–Crippen LogP) is -0.907. The molecule has 1 aliphatic heterocycles. The van der Waals surface area contributed by atoms with E-state index in [0.717, 1.165) is 4.90 Å². The van der Waals surface area contributed by atoms with E-state index in [1.807, 2.05) is 0 Å². The highest BCUT2D eigenvalue weighted by molar-refractivity contribution is 5.80. The van der Waals surface area contributed by atoms with E-state index in [-0.39, 0.29) is 18.0 Å². The van der Waals surface area contributed by atoms with E-state index in [9.17, 15) is 33.0 Å². The summed E-state index contributed by atoms with van der Waals surface area (Å²) in [5, 5.41) is 26.9. The summed E-state index contributed by atoms with van der Waals surface area (Å²) >= 11 is 0. The number of carboxylic acids is 1. The number of carbonyl (C=O) groups is 2. The molecular formula is C9H13F3N2O5. The number of aliphatic hydroxyl groups excluding tert-OH is 2. The van der Waals surface area contributed by atoms with Gasteiger partial charge in [0.1, 0.15) is 13.1 Å². The fourth-order valence-electron chi connectivity index (χ4n) is 1.70. The highest BCUT2D eigenvalue weighted by Crippen LogP contribution is 2.19. The van der Waals surface area contributed by atoms with Gasteiger partial charge in [0.2, 0.25) is 0 Å². The summed E-state index contributed by atoms with van der Waals surface area (Å²) in [5.74, 6) is -1.59. The number of carboxylic acid groups (broad SMARTS) is 1. The topological polar surface area (TPSA) is 101 Å². The molecule has 0 saturated carbocycles. The van der Waals surface area contributed by atoms with Gasteiger partial charge >= 0.3 is 18.2 Å². The maximum atomic E-state index is 12.3. The van der Waals surface area contributed by atoms with Gasteiger partial charge in [-0.25, -0.2) is 4.79 Å². The minimum atomic E-state index is -4.73. The Labute approximate surface area is 105 Å². The average molecular weight is 286 g/mol. The molecule has 19 heavy (non-hydrogen) atoms. The quantitative estimate of drug-likeness (QED) is 0.623. The van der Waals surface area contributed by atoms with E-state index in [1.165, 1.54) is 0 Å². The number of halogens is 3. The zero-order valence-electron chi connectivity index (χ0n) is 9.67. The third-order valence-corrected chi connectivity index (χ3v) is 2.50. The maximum Gasteiger partial charge on any atom is 0.406 e. The molecule has 2 atom stereocenters. The van der Waals surface area contributed by atoms with E-state index >= 15 is 0 Å². The van der Waals surface area contributed by atoms with Gasteiger partial charge in [-0.3, -0.25) is 4.79 Å². The Morgan fingerprint density at radius 3 is 2.05 bits per heavy atom. The molecule has 1 saturated heterocycles. The summed E-state index contributed by atoms with van der Waals surface area (Å²) in [6, 6.07) is -1.18. The number of urea groups is 1. The third-order valence-electron chi connectivity index (χ3n) is 2.50. The molecule has 1 rings (SSSR count). The summed E-state index contributed by atoms with van der Waals surface area (Å²) in [6.07, 6.45) is -7.23. The Hall–Kier alpha value is -1.55. The molecule has 0 aromatic heterocycles. The molecule has 0 bridgehead atoms. The van der Waals surface area contributed by atoms with Crippen LogP contribution in [0.1, 0.15) is 0 Å². The van der Waals surface area contributed by atoms with E-state index in [1.54, 1.807) is 0 Å². The molecule has 2 unspecified atom stereocenters. The summed E-state index contributed by atoms with van der Waals surface area (Å²) in [5.41, 5.74) is 0. The molecule has 0 spiro atoms. The largest absolute Gasteiger partial charge is 0.480 e. The van der Waals surface area contributed by atoms with Crippen LogP contribution in [-0.4, -0.2) is 81.7 Å². The molecule has 1 fully saturated rings. The Morgan fingerprint density at radius 2 is 1.68 bits per heavy atom. The first-order valence-electron chi connectivity index (χ1n) is 5.28. The summed E-state index contributed by atoms with van der Waals surface area (Å²) in [6.45, 7) is -3.50. The van der Waals surface area contributed by atoms with Crippen molar-refractivity contribution >= 4 is 12.0 Å². The second kappa shape index (κ2) is 5.61. The smallest absolute Gasteiger partial charge is 0.406 e. The zero-order valence-corrected chi connectivity index (χ0v) is 9.67. The second-order valence-electron chi connectivity index (χ2n) is 4.19. The van der Waals surface area contributed by atoms with Crippen molar-refractivity contribution < 1.29 is 38.1 Å². The van der Waals surface area contributed by atoms with E-state index in [0.29, 0.717) is 0 Å². The maximum absolute atomic E-state index is 12.3. The molecule has 0 aromatic rings. The normalized spacial score (nSPS) is 23.5. The standard InChI is InChI=1S/C9H13F3N2O5/c10-9(11,12)4-14(3-7(17)18)8(19)13-1-5(15)6(16)2-13/h5-6,15-16H,1-4H2,(H,17,18). The van der Waals surface area contributed by atoms with Crippen molar-refractivity contribution in [1.82, 2.24) is 9.80 Å². The lowest BCUT2D eigenvalue weighted by atomic mass is 10.3.